The van der Waals surface area contributed by atoms with Crippen molar-refractivity contribution < 1.29 is 62.5 Å². The number of nitrogens with zero attached hydrogens (tertiary/aromatic N) is 5. The van der Waals surface area contributed by atoms with Gasteiger partial charge in [0.25, 0.3) is 12.4 Å². The lowest BCUT2D eigenvalue weighted by Crippen LogP contribution is -2.67. The second-order valence-corrected chi connectivity index (χ2v) is 24.8. The summed E-state index contributed by atoms with van der Waals surface area (Å²) in [6.07, 6.45) is 5.76. The van der Waals surface area contributed by atoms with E-state index in [-0.39, 0.29) is 64.0 Å². The number of pyridine rings is 2. The van der Waals surface area contributed by atoms with E-state index >= 15 is 4.79 Å². The topological polar surface area (TPSA) is 250 Å². The van der Waals surface area contributed by atoms with Crippen LogP contribution in [0.15, 0.2) is 37.6 Å². The zero-order valence-electron chi connectivity index (χ0n) is 48.1. The van der Waals surface area contributed by atoms with Crippen molar-refractivity contribution in [2.45, 2.75) is 190 Å². The number of ether oxygens (including phenoxy) is 8. The number of fused-ring (bicyclic) bond motifs is 1. The maximum Gasteiger partial charge on any atom is 0.293 e. The molecule has 3 fully saturated rings. The number of hydrogen-bond acceptors (Lipinski definition) is 19. The van der Waals surface area contributed by atoms with E-state index in [1.807, 2.05) is 67.5 Å². The largest absolute Gasteiger partial charge is 0.458 e. The zero-order chi connectivity index (χ0) is 58.4. The van der Waals surface area contributed by atoms with Gasteiger partial charge in [-0.05, 0) is 79.0 Å². The van der Waals surface area contributed by atoms with Crippen LogP contribution in [0.25, 0.3) is 11.0 Å². The van der Waals surface area contributed by atoms with Gasteiger partial charge >= 0.3 is 0 Å². The van der Waals surface area contributed by atoms with Crippen LogP contribution in [0.2, 0.25) is 10.0 Å². The predicted molar refractivity (Wildman–Crippen MR) is 304 cm³/mol. The summed E-state index contributed by atoms with van der Waals surface area (Å²) >= 11 is 14.1. The van der Waals surface area contributed by atoms with Crippen LogP contribution < -0.4 is 11.1 Å². The standard InChI is InChI=1S/C56H85Cl2N7O13S/c1-15-41-55(9,74-30-66)49(79-20-19-65-29-62-44-45(65)37(26-61-50(44)59)51(69)63-43-38(57)27-60-28-39(43)58)34(6)46(68)33(5)23-54(8,73-14)48(31(3)21-32(4)52(70)76-41)78-56(16-2)47(64(10)11)40(71-12)22-35(77-56)17-18-36-24-53(7,72-13)25-42(67)75-36/h16,26-36,40-42,47-49,52,67,70H,2,15,17-25H2,1,3-14H3,(H2,59,61)(H,60,63,69)/t31-,32+,33+,34-,35+,36-,40+,41+,42+,47-,48+,49+,52?,53-,54+,55+,56?/m0/s1. The molecule has 0 radical (unpaired) electrons. The molecule has 2 unspecified atom stereocenters. The van der Waals surface area contributed by atoms with E-state index in [2.05, 4.69) is 26.8 Å². The Kier molecular flexibility index (Phi) is 22.3. The molecule has 17 atom stereocenters. The number of hydrogen-bond donors (Lipinski definition) is 4. The molecule has 23 heteroatoms. The highest BCUT2D eigenvalue weighted by Gasteiger charge is 2.57. The Bertz CT molecular complexity index is 2550. The number of Topliss-reactive ketones (excluding diaryl/α,β-unsaturated/α-hetero) is 1. The summed E-state index contributed by atoms with van der Waals surface area (Å²) in [5, 5.41) is 25.1. The number of nitrogens with two attached hydrogens (primary N) is 1. The highest BCUT2D eigenvalue weighted by Crippen LogP contribution is 2.46. The van der Waals surface area contributed by atoms with E-state index < -0.39 is 88.4 Å². The average Bonchev–Trinajstić information content (AvgIpc) is 3.91. The minimum atomic E-state index is -1.48. The first-order valence-electron chi connectivity index (χ1n) is 27.2. The molecule has 5 N–H and O–H groups in total. The monoisotopic (exact) mass is 1170 g/mol. The number of thioether (sulfide) groups is 1. The number of aliphatic hydroxyl groups is 2. The van der Waals surface area contributed by atoms with E-state index in [4.69, 9.17) is 66.8 Å². The van der Waals surface area contributed by atoms with Crippen molar-refractivity contribution in [3.8, 4) is 0 Å². The second kappa shape index (κ2) is 27.2. The Morgan fingerprint density at radius 2 is 1.67 bits per heavy atom. The van der Waals surface area contributed by atoms with E-state index in [1.54, 1.807) is 45.2 Å². The molecule has 0 spiro atoms. The van der Waals surface area contributed by atoms with Crippen LogP contribution in [-0.2, 0) is 54.0 Å². The highest BCUT2D eigenvalue weighted by atomic mass is 35.5. The van der Waals surface area contributed by atoms with Crippen molar-refractivity contribution in [3.05, 3.63) is 53.2 Å². The summed E-state index contributed by atoms with van der Waals surface area (Å²) in [6, 6.07) is -0.496. The summed E-state index contributed by atoms with van der Waals surface area (Å²) in [6.45, 7) is 20.1. The molecule has 3 aromatic heterocycles. The van der Waals surface area contributed by atoms with E-state index in [0.717, 1.165) is 0 Å². The Balaban J connectivity index is 1.34. The van der Waals surface area contributed by atoms with Gasteiger partial charge in [-0.25, -0.2) is 9.97 Å². The lowest BCUT2D eigenvalue weighted by Gasteiger charge is -2.54. The third kappa shape index (κ3) is 14.3. The number of amides is 1. The van der Waals surface area contributed by atoms with Crippen LogP contribution in [0.3, 0.4) is 0 Å². The number of nitrogens with one attached hydrogen (secondary N) is 1. The van der Waals surface area contributed by atoms with Gasteiger partial charge in [0.2, 0.25) is 5.79 Å². The molecule has 3 aliphatic rings. The maximum absolute atomic E-state index is 15.4. The number of aliphatic hydroxyl groups excluding tert-OH is 2. The van der Waals surface area contributed by atoms with Gasteiger partial charge in [0.1, 0.15) is 23.0 Å². The smallest absolute Gasteiger partial charge is 0.293 e. The molecule has 20 nitrogen and oxygen atoms in total. The summed E-state index contributed by atoms with van der Waals surface area (Å²) in [4.78, 5) is 56.7. The summed E-state index contributed by atoms with van der Waals surface area (Å²) in [7, 11) is 8.81. The minimum Gasteiger partial charge on any atom is -0.458 e. The number of nitrogen functional groups attached to an aromatic ring is 1. The molecule has 0 aliphatic carbocycles. The molecule has 1 amide bonds. The number of carbonyl (C=O) groups is 3. The summed E-state index contributed by atoms with van der Waals surface area (Å²) in [5.74, 6) is -4.07. The van der Waals surface area contributed by atoms with Crippen molar-refractivity contribution in [2.24, 2.45) is 23.7 Å². The molecule has 3 aromatic rings. The fourth-order valence-corrected chi connectivity index (χ4v) is 14.5. The van der Waals surface area contributed by atoms with Gasteiger partial charge in [-0.15, -0.1) is 0 Å². The van der Waals surface area contributed by atoms with Gasteiger partial charge in [-0.3, -0.25) is 24.3 Å². The third-order valence-corrected chi connectivity index (χ3v) is 18.9. The number of aryl methyl sites for hydroxylation is 1. The van der Waals surface area contributed by atoms with E-state index in [0.29, 0.717) is 68.2 Å². The molecule has 3 saturated heterocycles. The average molecular weight is 1170 g/mol. The van der Waals surface area contributed by atoms with Crippen LogP contribution in [-0.4, -0.2) is 171 Å². The second-order valence-electron chi connectivity index (χ2n) is 22.7. The molecule has 0 aromatic carbocycles. The SMILES string of the molecule is C=CC1(O[C@@H]2[C@@H](C)C[C@@H](C)C(O)O[C@H](CC)[C@@](C)(OC=O)[C@H](SCCn3cnc4c(N)ncc(C(=O)Nc5c(Cl)cncc5Cl)c43)[C@@H](C)C(=O)[C@H](C)C[C@@]2(C)OC)O[C@H](CC[C@H]2C[C@](C)(OC)C[C@H](O)O2)C[C@@H](OC)[C@@H]1N(C)C. The molecule has 79 heavy (non-hydrogen) atoms. The van der Waals surface area contributed by atoms with Gasteiger partial charge in [0, 0.05) is 89.2 Å². The fourth-order valence-electron chi connectivity index (χ4n) is 12.5. The Labute approximate surface area is 479 Å². The Morgan fingerprint density at radius 1 is 0.987 bits per heavy atom. The fraction of sp³-hybridized carbons (Fsp3) is 0.714. The van der Waals surface area contributed by atoms with Gasteiger partial charge in [0.15, 0.2) is 18.4 Å². The van der Waals surface area contributed by atoms with Gasteiger partial charge in [-0.2, -0.15) is 11.8 Å². The number of rotatable bonds is 19. The van der Waals surface area contributed by atoms with Crippen LogP contribution >= 0.6 is 35.0 Å². The molecule has 0 saturated carbocycles. The number of imidazole rings is 1. The van der Waals surface area contributed by atoms with Crippen LogP contribution in [0.1, 0.15) is 117 Å². The number of ketones is 1. The zero-order valence-corrected chi connectivity index (χ0v) is 50.4. The number of methoxy groups -OCH3 is 3. The van der Waals surface area contributed by atoms with Crippen LogP contribution in [0.5, 0.6) is 0 Å². The van der Waals surface area contributed by atoms with E-state index in [1.165, 1.54) is 30.4 Å². The minimum absolute atomic E-state index is 0.107. The Hall–Kier alpha value is -3.55. The number of anilines is 2. The molecule has 6 heterocycles. The number of carbonyl (C=O) groups excluding carboxylic acids is 3. The predicted octanol–water partition coefficient (Wildman–Crippen LogP) is 8.11. The lowest BCUT2D eigenvalue weighted by molar-refractivity contribution is -0.339. The van der Waals surface area contributed by atoms with Crippen molar-refractivity contribution in [1.82, 2.24) is 24.4 Å². The number of halogens is 2. The molecule has 0 bridgehead atoms. The number of aromatic nitrogens is 4. The van der Waals surface area contributed by atoms with Gasteiger partial charge in [0.05, 0.1) is 80.0 Å². The first-order valence-corrected chi connectivity index (χ1v) is 29.0. The maximum atomic E-state index is 15.4. The van der Waals surface area contributed by atoms with Crippen molar-refractivity contribution in [2.75, 3.05) is 52.2 Å². The Morgan fingerprint density at radius 3 is 2.28 bits per heavy atom. The summed E-state index contributed by atoms with van der Waals surface area (Å²) in [5.41, 5.74) is 4.14. The third-order valence-electron chi connectivity index (χ3n) is 16.7. The molecule has 442 valence electrons. The number of likely N-dealkylation sites (N-methyl/N-ethyl adjacent to an activating group) is 1. The first-order chi connectivity index (χ1) is 37.3. The normalized spacial score (nSPS) is 36.2. The lowest BCUT2D eigenvalue weighted by atomic mass is 9.75. The highest BCUT2D eigenvalue weighted by molar-refractivity contribution is 8.00. The molecule has 6 rings (SSSR count). The first kappa shape index (κ1) is 64.6. The van der Waals surface area contributed by atoms with Gasteiger partial charge in [-0.1, -0.05) is 64.4 Å². The van der Waals surface area contributed by atoms with Gasteiger partial charge < -0.3 is 63.7 Å². The summed E-state index contributed by atoms with van der Waals surface area (Å²) < 4.78 is 53.8. The van der Waals surface area contributed by atoms with Crippen molar-refractivity contribution in [1.29, 1.82) is 0 Å². The van der Waals surface area contributed by atoms with Crippen molar-refractivity contribution in [3.63, 3.8) is 0 Å². The van der Waals surface area contributed by atoms with E-state index in [9.17, 15) is 19.8 Å². The van der Waals surface area contributed by atoms with Crippen LogP contribution in [0.4, 0.5) is 11.5 Å². The molecule has 3 aliphatic heterocycles. The van der Waals surface area contributed by atoms with Crippen molar-refractivity contribution >= 4 is 75.7 Å². The quantitative estimate of drug-likeness (QED) is 0.0653. The molecular weight excluding hydrogens is 1080 g/mol. The molecular formula is C56H85Cl2N7O13S. The van der Waals surface area contributed by atoms with Crippen LogP contribution in [0, 0.1) is 23.7 Å².